The van der Waals surface area contributed by atoms with Crippen LogP contribution >= 0.6 is 0 Å². The van der Waals surface area contributed by atoms with Crippen molar-refractivity contribution in [2.24, 2.45) is 0 Å². The Morgan fingerprint density at radius 2 is 2.29 bits per heavy atom. The van der Waals surface area contributed by atoms with Crippen molar-refractivity contribution < 1.29 is 9.90 Å². The highest BCUT2D eigenvalue weighted by Crippen LogP contribution is 2.01. The molecule has 0 radical (unpaired) electrons. The minimum absolute atomic E-state index is 0.0121. The Morgan fingerprint density at radius 3 is 2.88 bits per heavy atom. The van der Waals surface area contributed by atoms with Crippen LogP contribution in [0.15, 0.2) is 29.6 Å². The Labute approximate surface area is 96.0 Å². The van der Waals surface area contributed by atoms with Crippen LogP contribution in [0, 0.1) is 0 Å². The van der Waals surface area contributed by atoms with Gasteiger partial charge in [-0.1, -0.05) is 0 Å². The van der Waals surface area contributed by atoms with Gasteiger partial charge in [-0.2, -0.15) is 5.10 Å². The molecule has 2 heterocycles. The van der Waals surface area contributed by atoms with Gasteiger partial charge in [0.25, 0.3) is 5.56 Å². The lowest BCUT2D eigenvalue weighted by Gasteiger charge is -2.03. The highest BCUT2D eigenvalue weighted by Gasteiger charge is 2.11. The number of carboxylic acids is 1. The molecule has 0 aromatic carbocycles. The first-order valence-electron chi connectivity index (χ1n) is 4.97. The number of hydrogen-bond donors (Lipinski definition) is 1. The van der Waals surface area contributed by atoms with E-state index in [1.54, 1.807) is 6.20 Å². The monoisotopic (exact) mass is 234 g/mol. The Bertz CT molecular complexity index is 614. The fraction of sp³-hybridized carbons (Fsp3) is 0.200. The third-order valence-electron chi connectivity index (χ3n) is 2.28. The van der Waals surface area contributed by atoms with Crippen molar-refractivity contribution in [3.63, 3.8) is 0 Å². The molecule has 17 heavy (non-hydrogen) atoms. The Kier molecular flexibility index (Phi) is 2.73. The van der Waals surface area contributed by atoms with E-state index in [0.717, 1.165) is 4.68 Å². The molecule has 0 saturated carbocycles. The van der Waals surface area contributed by atoms with Gasteiger partial charge in [-0.15, -0.1) is 0 Å². The standard InChI is InChI=1S/C10H10N4O3/c1-2-13-4-3-11-8(9(13)15)14-6-7(5-12-14)10(16)17/h3-6H,2H2,1H3,(H,16,17). The summed E-state index contributed by atoms with van der Waals surface area (Å²) in [6.45, 7) is 2.35. The van der Waals surface area contributed by atoms with Gasteiger partial charge in [-0.05, 0) is 6.92 Å². The van der Waals surface area contributed by atoms with Crippen LogP contribution in [-0.4, -0.2) is 30.4 Å². The minimum atomic E-state index is -1.09. The third kappa shape index (κ3) is 1.94. The molecule has 2 aromatic rings. The second-order valence-electron chi connectivity index (χ2n) is 3.32. The van der Waals surface area contributed by atoms with Gasteiger partial charge in [0, 0.05) is 25.1 Å². The fourth-order valence-electron chi connectivity index (χ4n) is 1.39. The molecule has 2 aromatic heterocycles. The molecule has 0 saturated heterocycles. The number of aromatic carboxylic acids is 1. The summed E-state index contributed by atoms with van der Waals surface area (Å²) >= 11 is 0. The summed E-state index contributed by atoms with van der Waals surface area (Å²) in [6.07, 6.45) is 5.47. The second kappa shape index (κ2) is 4.20. The molecular weight excluding hydrogens is 224 g/mol. The zero-order chi connectivity index (χ0) is 12.4. The van der Waals surface area contributed by atoms with Crippen molar-refractivity contribution in [3.8, 4) is 5.82 Å². The summed E-state index contributed by atoms with van der Waals surface area (Å²) in [5.41, 5.74) is -0.298. The number of hydrogen-bond acceptors (Lipinski definition) is 4. The number of rotatable bonds is 3. The normalized spacial score (nSPS) is 10.4. The zero-order valence-corrected chi connectivity index (χ0v) is 9.07. The van der Waals surface area contributed by atoms with E-state index >= 15 is 0 Å². The van der Waals surface area contributed by atoms with E-state index in [-0.39, 0.29) is 16.9 Å². The predicted octanol–water partition coefficient (Wildman–Crippen LogP) is 0.147. The topological polar surface area (TPSA) is 90.0 Å². The quantitative estimate of drug-likeness (QED) is 0.816. The summed E-state index contributed by atoms with van der Waals surface area (Å²) in [6, 6.07) is 0. The van der Waals surface area contributed by atoms with Crippen LogP contribution in [0.1, 0.15) is 17.3 Å². The van der Waals surface area contributed by atoms with E-state index in [4.69, 9.17) is 5.11 Å². The maximum absolute atomic E-state index is 11.9. The van der Waals surface area contributed by atoms with Gasteiger partial charge in [0.05, 0.1) is 11.8 Å². The minimum Gasteiger partial charge on any atom is -0.478 e. The third-order valence-corrected chi connectivity index (χ3v) is 2.28. The highest BCUT2D eigenvalue weighted by atomic mass is 16.4. The Morgan fingerprint density at radius 1 is 1.53 bits per heavy atom. The number of aromatic nitrogens is 4. The lowest BCUT2D eigenvalue weighted by Crippen LogP contribution is -2.24. The molecule has 88 valence electrons. The average Bonchev–Trinajstić information content (AvgIpc) is 2.78. The number of carboxylic acid groups (broad SMARTS) is 1. The fourth-order valence-corrected chi connectivity index (χ4v) is 1.39. The van der Waals surface area contributed by atoms with Crippen molar-refractivity contribution in [3.05, 3.63) is 40.7 Å². The molecule has 7 heteroatoms. The molecular formula is C10H10N4O3. The van der Waals surface area contributed by atoms with Crippen LogP contribution in [0.25, 0.3) is 5.82 Å². The van der Waals surface area contributed by atoms with E-state index in [1.807, 2.05) is 6.92 Å². The molecule has 0 aliphatic carbocycles. The van der Waals surface area contributed by atoms with E-state index in [9.17, 15) is 9.59 Å². The second-order valence-corrected chi connectivity index (χ2v) is 3.32. The van der Waals surface area contributed by atoms with Gasteiger partial charge in [-0.3, -0.25) is 4.79 Å². The van der Waals surface area contributed by atoms with Gasteiger partial charge < -0.3 is 9.67 Å². The first-order chi connectivity index (χ1) is 8.13. The van der Waals surface area contributed by atoms with Crippen LogP contribution in [0.5, 0.6) is 0 Å². The maximum Gasteiger partial charge on any atom is 0.338 e. The lowest BCUT2D eigenvalue weighted by molar-refractivity contribution is 0.0697. The molecule has 0 amide bonds. The van der Waals surface area contributed by atoms with Crippen LogP contribution in [0.4, 0.5) is 0 Å². The van der Waals surface area contributed by atoms with Gasteiger partial charge in [0.2, 0.25) is 5.82 Å². The van der Waals surface area contributed by atoms with Gasteiger partial charge >= 0.3 is 5.97 Å². The molecule has 2 rings (SSSR count). The van der Waals surface area contributed by atoms with Crippen LogP contribution in [0.3, 0.4) is 0 Å². The molecule has 0 bridgehead atoms. The SMILES string of the molecule is CCn1ccnc(-n2cc(C(=O)O)cn2)c1=O. The van der Waals surface area contributed by atoms with E-state index in [0.29, 0.717) is 6.54 Å². The van der Waals surface area contributed by atoms with Crippen LogP contribution in [0.2, 0.25) is 0 Å². The Hall–Kier alpha value is -2.44. The summed E-state index contributed by atoms with van der Waals surface area (Å²) in [5.74, 6) is -1.01. The van der Waals surface area contributed by atoms with E-state index in [2.05, 4.69) is 10.1 Å². The van der Waals surface area contributed by atoms with Crippen LogP contribution < -0.4 is 5.56 Å². The molecule has 0 fully saturated rings. The molecule has 7 nitrogen and oxygen atoms in total. The van der Waals surface area contributed by atoms with Gasteiger partial charge in [0.1, 0.15) is 0 Å². The molecule has 0 unspecified atom stereocenters. The lowest BCUT2D eigenvalue weighted by atomic mass is 10.4. The number of carbonyl (C=O) groups is 1. The van der Waals surface area contributed by atoms with Crippen molar-refractivity contribution in [2.45, 2.75) is 13.5 Å². The van der Waals surface area contributed by atoms with Gasteiger partial charge in [-0.25, -0.2) is 14.5 Å². The number of nitrogens with zero attached hydrogens (tertiary/aromatic N) is 4. The summed E-state index contributed by atoms with van der Waals surface area (Å²) in [7, 11) is 0. The van der Waals surface area contributed by atoms with Crippen molar-refractivity contribution in [1.29, 1.82) is 0 Å². The molecule has 0 spiro atoms. The Balaban J connectivity index is 2.53. The molecule has 0 aliphatic rings. The molecule has 1 N–H and O–H groups in total. The largest absolute Gasteiger partial charge is 0.478 e. The van der Waals surface area contributed by atoms with Crippen molar-refractivity contribution >= 4 is 5.97 Å². The van der Waals surface area contributed by atoms with E-state index in [1.165, 1.54) is 23.2 Å². The predicted molar refractivity (Wildman–Crippen MR) is 58.3 cm³/mol. The first-order valence-corrected chi connectivity index (χ1v) is 4.97. The summed E-state index contributed by atoms with van der Waals surface area (Å²) in [4.78, 5) is 26.5. The van der Waals surface area contributed by atoms with E-state index < -0.39 is 5.97 Å². The van der Waals surface area contributed by atoms with Crippen molar-refractivity contribution in [2.75, 3.05) is 0 Å². The molecule has 0 atom stereocenters. The molecule has 0 aliphatic heterocycles. The summed E-state index contributed by atoms with van der Waals surface area (Å²) in [5, 5.41) is 12.6. The smallest absolute Gasteiger partial charge is 0.338 e. The first kappa shape index (κ1) is 11.1. The maximum atomic E-state index is 11.9. The van der Waals surface area contributed by atoms with Crippen molar-refractivity contribution in [1.82, 2.24) is 19.3 Å². The highest BCUT2D eigenvalue weighted by molar-refractivity contribution is 5.86. The van der Waals surface area contributed by atoms with Gasteiger partial charge in [0.15, 0.2) is 0 Å². The average molecular weight is 234 g/mol. The zero-order valence-electron chi connectivity index (χ0n) is 9.07. The summed E-state index contributed by atoms with van der Waals surface area (Å²) < 4.78 is 2.63. The number of aryl methyl sites for hydroxylation is 1. The van der Waals surface area contributed by atoms with Crippen LogP contribution in [-0.2, 0) is 6.54 Å².